The Morgan fingerprint density at radius 1 is 1.31 bits per heavy atom. The average Bonchev–Trinajstić information content (AvgIpc) is 3.02. The molecule has 2 heterocycles. The Morgan fingerprint density at radius 3 is 2.77 bits per heavy atom. The molecule has 1 N–H and O–H groups in total. The van der Waals surface area contributed by atoms with Crippen LogP contribution in [0.1, 0.15) is 49.0 Å². The second-order valence-electron chi connectivity index (χ2n) is 7.04. The highest BCUT2D eigenvalue weighted by atomic mass is 32.2. The Balaban J connectivity index is 1.51. The standard InChI is InChI=1S/C18H26N4O3S/c1-22(15-8-10-26(24,25)13-15)17-12-20-16(11-21-17)18(23)19-9-7-14-5-3-2-4-6-14/h5,11-12,15H,2-4,6-10,13H2,1H3,(H,19,23). The minimum Gasteiger partial charge on any atom is -0.354 e. The van der Waals surface area contributed by atoms with Gasteiger partial charge in [0.15, 0.2) is 9.84 Å². The Morgan fingerprint density at radius 2 is 2.15 bits per heavy atom. The van der Waals surface area contributed by atoms with Gasteiger partial charge in [-0.3, -0.25) is 4.79 Å². The molecule has 0 aromatic carbocycles. The predicted octanol–water partition coefficient (Wildman–Crippen LogP) is 1.72. The normalized spacial score (nSPS) is 21.9. The summed E-state index contributed by atoms with van der Waals surface area (Å²) in [5.41, 5.74) is 1.70. The molecule has 1 atom stereocenters. The first-order chi connectivity index (χ1) is 12.4. The maximum atomic E-state index is 12.2. The topological polar surface area (TPSA) is 92.3 Å². The van der Waals surface area contributed by atoms with Gasteiger partial charge in [-0.15, -0.1) is 0 Å². The molecule has 0 radical (unpaired) electrons. The minimum absolute atomic E-state index is 0.0854. The van der Waals surface area contributed by atoms with Gasteiger partial charge < -0.3 is 10.2 Å². The van der Waals surface area contributed by atoms with E-state index in [0.29, 0.717) is 18.8 Å². The number of rotatable bonds is 6. The molecule has 7 nitrogen and oxygen atoms in total. The highest BCUT2D eigenvalue weighted by Crippen LogP contribution is 2.21. The minimum atomic E-state index is -2.95. The number of nitrogens with one attached hydrogen (secondary N) is 1. The fourth-order valence-corrected chi connectivity index (χ4v) is 5.22. The summed E-state index contributed by atoms with van der Waals surface area (Å²) < 4.78 is 23.2. The largest absolute Gasteiger partial charge is 0.354 e. The van der Waals surface area contributed by atoms with Gasteiger partial charge in [-0.05, 0) is 38.5 Å². The maximum Gasteiger partial charge on any atom is 0.271 e. The van der Waals surface area contributed by atoms with Gasteiger partial charge in [-0.25, -0.2) is 18.4 Å². The predicted molar refractivity (Wildman–Crippen MR) is 101 cm³/mol. The summed E-state index contributed by atoms with van der Waals surface area (Å²) in [6.07, 6.45) is 11.5. The van der Waals surface area contributed by atoms with E-state index in [1.54, 1.807) is 0 Å². The molecular formula is C18H26N4O3S. The van der Waals surface area contributed by atoms with Crippen LogP contribution in [0.25, 0.3) is 0 Å². The first kappa shape index (κ1) is 18.8. The van der Waals surface area contributed by atoms with E-state index in [2.05, 4.69) is 21.4 Å². The van der Waals surface area contributed by atoms with Crippen molar-refractivity contribution in [1.29, 1.82) is 0 Å². The van der Waals surface area contributed by atoms with Crippen molar-refractivity contribution in [1.82, 2.24) is 15.3 Å². The molecule has 1 unspecified atom stereocenters. The van der Waals surface area contributed by atoms with E-state index in [9.17, 15) is 13.2 Å². The highest BCUT2D eigenvalue weighted by molar-refractivity contribution is 7.91. The first-order valence-corrected chi connectivity index (χ1v) is 11.0. The molecule has 3 rings (SSSR count). The molecule has 142 valence electrons. The van der Waals surface area contributed by atoms with Gasteiger partial charge in [0.25, 0.3) is 5.91 Å². The second kappa shape index (κ2) is 8.16. The van der Waals surface area contributed by atoms with Crippen molar-refractivity contribution in [3.8, 4) is 0 Å². The molecule has 0 spiro atoms. The van der Waals surface area contributed by atoms with Gasteiger partial charge in [0.1, 0.15) is 11.5 Å². The Bertz CT molecular complexity index is 774. The number of allylic oxidation sites excluding steroid dienone is 1. The van der Waals surface area contributed by atoms with Crippen LogP contribution in [0.3, 0.4) is 0 Å². The monoisotopic (exact) mass is 378 g/mol. The van der Waals surface area contributed by atoms with Crippen LogP contribution >= 0.6 is 0 Å². The summed E-state index contributed by atoms with van der Waals surface area (Å²) >= 11 is 0. The van der Waals surface area contributed by atoms with E-state index in [1.165, 1.54) is 30.8 Å². The van der Waals surface area contributed by atoms with Crippen molar-refractivity contribution in [2.75, 3.05) is 30.0 Å². The van der Waals surface area contributed by atoms with E-state index < -0.39 is 9.84 Å². The molecule has 2 aliphatic rings. The summed E-state index contributed by atoms with van der Waals surface area (Å²) in [5.74, 6) is 0.706. The van der Waals surface area contributed by atoms with E-state index in [1.807, 2.05) is 11.9 Å². The summed E-state index contributed by atoms with van der Waals surface area (Å²) in [7, 11) is -1.14. The molecular weight excluding hydrogens is 352 g/mol. The quantitative estimate of drug-likeness (QED) is 0.758. The summed E-state index contributed by atoms with van der Waals surface area (Å²) in [6.45, 7) is 0.605. The lowest BCUT2D eigenvalue weighted by atomic mass is 9.97. The lowest BCUT2D eigenvalue weighted by molar-refractivity contribution is 0.0948. The van der Waals surface area contributed by atoms with Crippen LogP contribution in [0, 0.1) is 0 Å². The molecule has 1 saturated heterocycles. The van der Waals surface area contributed by atoms with Gasteiger partial charge in [0.05, 0.1) is 23.9 Å². The molecule has 1 aliphatic carbocycles. The van der Waals surface area contributed by atoms with Gasteiger partial charge in [0.2, 0.25) is 0 Å². The van der Waals surface area contributed by atoms with Crippen LogP contribution in [0.5, 0.6) is 0 Å². The number of hydrogen-bond acceptors (Lipinski definition) is 6. The van der Waals surface area contributed by atoms with Gasteiger partial charge in [-0.1, -0.05) is 11.6 Å². The Labute approximate surface area is 154 Å². The van der Waals surface area contributed by atoms with Crippen molar-refractivity contribution in [2.24, 2.45) is 0 Å². The zero-order valence-corrected chi connectivity index (χ0v) is 16.0. The molecule has 1 fully saturated rings. The van der Waals surface area contributed by atoms with E-state index in [0.717, 1.165) is 19.3 Å². The van der Waals surface area contributed by atoms with Crippen molar-refractivity contribution in [3.05, 3.63) is 29.7 Å². The number of sulfone groups is 1. The zero-order chi connectivity index (χ0) is 18.6. The van der Waals surface area contributed by atoms with Crippen LogP contribution in [0.4, 0.5) is 5.82 Å². The van der Waals surface area contributed by atoms with Crippen LogP contribution in [-0.4, -0.2) is 55.4 Å². The third-order valence-electron chi connectivity index (χ3n) is 5.11. The van der Waals surface area contributed by atoms with Crippen LogP contribution in [0.15, 0.2) is 24.0 Å². The van der Waals surface area contributed by atoms with Crippen molar-refractivity contribution in [2.45, 2.75) is 44.6 Å². The van der Waals surface area contributed by atoms with E-state index in [4.69, 9.17) is 0 Å². The number of aromatic nitrogens is 2. The van der Waals surface area contributed by atoms with Gasteiger partial charge >= 0.3 is 0 Å². The van der Waals surface area contributed by atoms with Gasteiger partial charge in [0, 0.05) is 19.6 Å². The highest BCUT2D eigenvalue weighted by Gasteiger charge is 2.31. The van der Waals surface area contributed by atoms with Crippen molar-refractivity contribution in [3.63, 3.8) is 0 Å². The number of nitrogens with zero attached hydrogens (tertiary/aromatic N) is 3. The van der Waals surface area contributed by atoms with Crippen molar-refractivity contribution >= 4 is 21.6 Å². The smallest absolute Gasteiger partial charge is 0.271 e. The molecule has 26 heavy (non-hydrogen) atoms. The lowest BCUT2D eigenvalue weighted by Crippen LogP contribution is -2.33. The third-order valence-corrected chi connectivity index (χ3v) is 6.86. The second-order valence-corrected chi connectivity index (χ2v) is 9.27. The van der Waals surface area contributed by atoms with Crippen LogP contribution < -0.4 is 10.2 Å². The Hall–Kier alpha value is -1.96. The fraction of sp³-hybridized carbons (Fsp3) is 0.611. The average molecular weight is 378 g/mol. The molecule has 0 bridgehead atoms. The summed E-state index contributed by atoms with van der Waals surface area (Å²) in [4.78, 5) is 22.5. The fourth-order valence-electron chi connectivity index (χ4n) is 3.45. The summed E-state index contributed by atoms with van der Waals surface area (Å²) in [5, 5.41) is 2.89. The lowest BCUT2D eigenvalue weighted by Gasteiger charge is -2.24. The van der Waals surface area contributed by atoms with E-state index in [-0.39, 0.29) is 29.1 Å². The molecule has 1 aliphatic heterocycles. The van der Waals surface area contributed by atoms with Crippen LogP contribution in [-0.2, 0) is 9.84 Å². The van der Waals surface area contributed by atoms with E-state index >= 15 is 0 Å². The van der Waals surface area contributed by atoms with Crippen molar-refractivity contribution < 1.29 is 13.2 Å². The molecule has 1 aromatic heterocycles. The zero-order valence-electron chi connectivity index (χ0n) is 15.1. The molecule has 8 heteroatoms. The molecule has 0 saturated carbocycles. The summed E-state index contributed by atoms with van der Waals surface area (Å²) in [6, 6.07) is -0.0854. The first-order valence-electron chi connectivity index (χ1n) is 9.16. The number of carbonyl (C=O) groups is 1. The molecule has 1 aromatic rings. The Kier molecular flexibility index (Phi) is 5.90. The molecule has 1 amide bonds. The van der Waals surface area contributed by atoms with Gasteiger partial charge in [-0.2, -0.15) is 0 Å². The number of hydrogen-bond donors (Lipinski definition) is 1. The SMILES string of the molecule is CN(c1cnc(C(=O)NCCC2=CCCCC2)cn1)C1CCS(=O)(=O)C1. The number of anilines is 1. The third kappa shape index (κ3) is 4.81. The number of amides is 1. The maximum absolute atomic E-state index is 12.2. The number of carbonyl (C=O) groups excluding carboxylic acids is 1. The van der Waals surface area contributed by atoms with Crippen LogP contribution in [0.2, 0.25) is 0 Å².